The van der Waals surface area contributed by atoms with Gasteiger partial charge in [-0.25, -0.2) is 0 Å². The summed E-state index contributed by atoms with van der Waals surface area (Å²) in [5, 5.41) is 22.4. The number of amides is 2. The van der Waals surface area contributed by atoms with Gasteiger partial charge in [0, 0.05) is 25.5 Å². The van der Waals surface area contributed by atoms with E-state index in [1.54, 1.807) is 10.9 Å². The molecule has 0 bridgehead atoms. The molecule has 156 valence electrons. The van der Waals surface area contributed by atoms with E-state index in [4.69, 9.17) is 5.11 Å². The van der Waals surface area contributed by atoms with Crippen LogP contribution in [0.15, 0.2) is 48.8 Å². The molecular weight excluding hydrogens is 388 g/mol. The lowest BCUT2D eigenvalue weighted by molar-refractivity contribution is -0.137. The first-order valence-corrected chi connectivity index (χ1v) is 9.42. The number of aliphatic carboxylic acids is 1. The number of carboxylic acids is 1. The van der Waals surface area contributed by atoms with Crippen molar-refractivity contribution in [2.24, 2.45) is 0 Å². The number of benzene rings is 1. The number of nitrogens with one attached hydrogen (secondary N) is 2. The third kappa shape index (κ3) is 5.31. The van der Waals surface area contributed by atoms with E-state index in [0.717, 1.165) is 10.2 Å². The number of hydrogen-bond acceptors (Lipinski definition) is 5. The van der Waals surface area contributed by atoms with Crippen molar-refractivity contribution in [2.45, 2.75) is 26.4 Å². The van der Waals surface area contributed by atoms with Gasteiger partial charge < -0.3 is 15.7 Å². The van der Waals surface area contributed by atoms with Crippen LogP contribution < -0.4 is 10.6 Å². The minimum atomic E-state index is -1.07. The van der Waals surface area contributed by atoms with E-state index >= 15 is 0 Å². The highest BCUT2D eigenvalue weighted by Crippen LogP contribution is 2.15. The number of aromatic nitrogens is 4. The van der Waals surface area contributed by atoms with Crippen molar-refractivity contribution in [3.05, 3.63) is 65.7 Å². The van der Waals surface area contributed by atoms with Gasteiger partial charge in [-0.3, -0.25) is 23.7 Å². The SMILES string of the molecule is CCn1cc(NC(=O)c2ccn(CC(=O)O)n2)c(C(=O)NCCc2ccccc2)n1. The van der Waals surface area contributed by atoms with Crippen LogP contribution in [-0.2, 0) is 24.3 Å². The molecule has 0 unspecified atom stereocenters. The summed E-state index contributed by atoms with van der Waals surface area (Å²) < 4.78 is 2.69. The second-order valence-electron chi connectivity index (χ2n) is 6.48. The van der Waals surface area contributed by atoms with Crippen molar-refractivity contribution >= 4 is 23.5 Å². The molecule has 0 aliphatic heterocycles. The molecule has 0 aliphatic rings. The maximum Gasteiger partial charge on any atom is 0.325 e. The molecule has 10 nitrogen and oxygen atoms in total. The van der Waals surface area contributed by atoms with Crippen molar-refractivity contribution in [3.63, 3.8) is 0 Å². The Hall–Kier alpha value is -3.95. The molecule has 30 heavy (non-hydrogen) atoms. The van der Waals surface area contributed by atoms with Gasteiger partial charge in [-0.05, 0) is 25.0 Å². The minimum Gasteiger partial charge on any atom is -0.480 e. The molecule has 0 saturated carbocycles. The lowest BCUT2D eigenvalue weighted by Crippen LogP contribution is -2.27. The van der Waals surface area contributed by atoms with Gasteiger partial charge in [0.05, 0.1) is 5.69 Å². The summed E-state index contributed by atoms with van der Waals surface area (Å²) in [6.45, 7) is 2.46. The van der Waals surface area contributed by atoms with Gasteiger partial charge in [-0.2, -0.15) is 10.2 Å². The third-order valence-electron chi connectivity index (χ3n) is 4.26. The maximum absolute atomic E-state index is 12.6. The predicted molar refractivity (Wildman–Crippen MR) is 108 cm³/mol. The van der Waals surface area contributed by atoms with Crippen LogP contribution in [0.25, 0.3) is 0 Å². The van der Waals surface area contributed by atoms with Crippen LogP contribution >= 0.6 is 0 Å². The topological polar surface area (TPSA) is 131 Å². The van der Waals surface area contributed by atoms with Crippen molar-refractivity contribution in [3.8, 4) is 0 Å². The Morgan fingerprint density at radius 2 is 1.80 bits per heavy atom. The van der Waals surface area contributed by atoms with Gasteiger partial charge in [0.25, 0.3) is 11.8 Å². The van der Waals surface area contributed by atoms with Crippen LogP contribution in [0.1, 0.15) is 33.5 Å². The van der Waals surface area contributed by atoms with Gasteiger partial charge in [0.15, 0.2) is 11.4 Å². The molecule has 2 heterocycles. The summed E-state index contributed by atoms with van der Waals surface area (Å²) in [4.78, 5) is 35.8. The Labute approximate surface area is 172 Å². The number of carboxylic acid groups (broad SMARTS) is 1. The number of nitrogens with zero attached hydrogens (tertiary/aromatic N) is 4. The maximum atomic E-state index is 12.6. The van der Waals surface area contributed by atoms with Gasteiger partial charge in [-0.1, -0.05) is 30.3 Å². The van der Waals surface area contributed by atoms with Crippen LogP contribution in [0.4, 0.5) is 5.69 Å². The van der Waals surface area contributed by atoms with Crippen LogP contribution in [0.5, 0.6) is 0 Å². The number of carbonyl (C=O) groups is 3. The molecule has 3 aromatic rings. The normalized spacial score (nSPS) is 10.6. The van der Waals surface area contributed by atoms with E-state index in [2.05, 4.69) is 20.8 Å². The van der Waals surface area contributed by atoms with E-state index in [1.807, 2.05) is 37.3 Å². The average Bonchev–Trinajstić information content (AvgIpc) is 3.35. The fraction of sp³-hybridized carbons (Fsp3) is 0.250. The first-order valence-electron chi connectivity index (χ1n) is 9.42. The summed E-state index contributed by atoms with van der Waals surface area (Å²) in [7, 11) is 0. The van der Waals surface area contributed by atoms with Gasteiger partial charge in [0.2, 0.25) is 0 Å². The molecule has 0 aliphatic carbocycles. The number of rotatable bonds is 9. The molecular formula is C20H22N6O4. The lowest BCUT2D eigenvalue weighted by Gasteiger charge is -2.06. The quantitative estimate of drug-likeness (QED) is 0.489. The number of hydrogen-bond donors (Lipinski definition) is 3. The zero-order chi connectivity index (χ0) is 21.5. The highest BCUT2D eigenvalue weighted by molar-refractivity contribution is 6.07. The first kappa shape index (κ1) is 20.8. The first-order chi connectivity index (χ1) is 14.5. The highest BCUT2D eigenvalue weighted by atomic mass is 16.4. The van der Waals surface area contributed by atoms with Crippen LogP contribution in [0.3, 0.4) is 0 Å². The molecule has 3 rings (SSSR count). The van der Waals surface area contributed by atoms with Crippen LogP contribution in [0.2, 0.25) is 0 Å². The molecule has 0 radical (unpaired) electrons. The number of carbonyl (C=O) groups excluding carboxylic acids is 2. The molecule has 1 aromatic carbocycles. The molecule has 0 atom stereocenters. The van der Waals surface area contributed by atoms with E-state index < -0.39 is 17.8 Å². The predicted octanol–water partition coefficient (Wildman–Crippen LogP) is 1.41. The van der Waals surface area contributed by atoms with Crippen molar-refractivity contribution < 1.29 is 19.5 Å². The summed E-state index contributed by atoms with van der Waals surface area (Å²) in [5.41, 5.74) is 1.49. The highest BCUT2D eigenvalue weighted by Gasteiger charge is 2.20. The number of anilines is 1. The van der Waals surface area contributed by atoms with E-state index in [-0.39, 0.29) is 23.6 Å². The molecule has 0 saturated heterocycles. The summed E-state index contributed by atoms with van der Waals surface area (Å²) in [6.07, 6.45) is 3.64. The smallest absolute Gasteiger partial charge is 0.325 e. The summed E-state index contributed by atoms with van der Waals surface area (Å²) in [5.74, 6) is -2.03. The molecule has 3 N–H and O–H groups in total. The molecule has 0 spiro atoms. The second kappa shape index (κ2) is 9.50. The van der Waals surface area contributed by atoms with E-state index in [9.17, 15) is 14.4 Å². The number of aryl methyl sites for hydroxylation is 1. The van der Waals surface area contributed by atoms with Crippen molar-refractivity contribution in [1.82, 2.24) is 24.9 Å². The lowest BCUT2D eigenvalue weighted by atomic mass is 10.1. The fourth-order valence-corrected chi connectivity index (χ4v) is 2.79. The Balaban J connectivity index is 1.66. The van der Waals surface area contributed by atoms with E-state index in [1.165, 1.54) is 12.3 Å². The zero-order valence-electron chi connectivity index (χ0n) is 16.4. The third-order valence-corrected chi connectivity index (χ3v) is 4.26. The molecule has 0 fully saturated rings. The van der Waals surface area contributed by atoms with Crippen LogP contribution in [0, 0.1) is 0 Å². The fourth-order valence-electron chi connectivity index (χ4n) is 2.79. The summed E-state index contributed by atoms with van der Waals surface area (Å²) in [6, 6.07) is 11.2. The Morgan fingerprint density at radius 3 is 2.50 bits per heavy atom. The Kier molecular flexibility index (Phi) is 6.58. The van der Waals surface area contributed by atoms with Crippen molar-refractivity contribution in [1.29, 1.82) is 0 Å². The van der Waals surface area contributed by atoms with Gasteiger partial charge in [-0.15, -0.1) is 0 Å². The summed E-state index contributed by atoms with van der Waals surface area (Å²) >= 11 is 0. The van der Waals surface area contributed by atoms with Crippen LogP contribution in [-0.4, -0.2) is 49.0 Å². The largest absolute Gasteiger partial charge is 0.480 e. The van der Waals surface area contributed by atoms with E-state index in [0.29, 0.717) is 19.5 Å². The monoisotopic (exact) mass is 410 g/mol. The van der Waals surface area contributed by atoms with Crippen molar-refractivity contribution in [2.75, 3.05) is 11.9 Å². The molecule has 2 aromatic heterocycles. The average molecular weight is 410 g/mol. The second-order valence-corrected chi connectivity index (χ2v) is 6.48. The molecule has 10 heteroatoms. The molecule has 2 amide bonds. The Morgan fingerprint density at radius 1 is 1.03 bits per heavy atom. The Bertz CT molecular complexity index is 1040. The van der Waals surface area contributed by atoms with Gasteiger partial charge >= 0.3 is 5.97 Å². The minimum absolute atomic E-state index is 0.0379. The zero-order valence-corrected chi connectivity index (χ0v) is 16.4. The van der Waals surface area contributed by atoms with Gasteiger partial charge in [0.1, 0.15) is 6.54 Å². The standard InChI is InChI=1S/C20H22N6O4/c1-2-25-12-16(22-19(29)15-9-11-26(23-15)13-17(27)28)18(24-25)20(30)21-10-8-14-6-4-3-5-7-14/h3-7,9,11-12H,2,8,10,13H2,1H3,(H,21,30)(H,22,29)(H,27,28).